The Bertz CT molecular complexity index is 648. The summed E-state index contributed by atoms with van der Waals surface area (Å²) < 4.78 is 1.72. The van der Waals surface area contributed by atoms with Gasteiger partial charge in [0.1, 0.15) is 5.82 Å². The molecule has 1 fully saturated rings. The molecule has 0 saturated heterocycles. The van der Waals surface area contributed by atoms with Gasteiger partial charge in [0.25, 0.3) is 0 Å². The van der Waals surface area contributed by atoms with Crippen molar-refractivity contribution >= 4 is 23.3 Å². The Morgan fingerprint density at radius 1 is 1.45 bits per heavy atom. The van der Waals surface area contributed by atoms with Gasteiger partial charge in [-0.1, -0.05) is 23.7 Å². The number of hydrogen-bond donors (Lipinski definition) is 2. The number of nitrogens with two attached hydrogens (primary N) is 1. The smallest absolute Gasteiger partial charge is 0.245 e. The van der Waals surface area contributed by atoms with Gasteiger partial charge in [0.15, 0.2) is 0 Å². The van der Waals surface area contributed by atoms with Crippen LogP contribution in [-0.2, 0) is 11.3 Å². The van der Waals surface area contributed by atoms with Crippen molar-refractivity contribution in [3.63, 3.8) is 0 Å². The topological polar surface area (TPSA) is 72.9 Å². The molecule has 1 saturated carbocycles. The van der Waals surface area contributed by atoms with Crippen LogP contribution in [-0.4, -0.2) is 21.2 Å². The van der Waals surface area contributed by atoms with Gasteiger partial charge in [0, 0.05) is 11.1 Å². The molecule has 0 atom stereocenters. The molecule has 5 nitrogen and oxygen atoms in total. The average molecular weight is 291 g/mol. The SMILES string of the molecule is NC1(C(=O)Nc2ccnn2Cc2cccc(Cl)c2)CC1. The van der Waals surface area contributed by atoms with Crippen molar-refractivity contribution in [3.05, 3.63) is 47.1 Å². The minimum atomic E-state index is -0.689. The Hall–Kier alpha value is -1.85. The number of nitrogens with zero attached hydrogens (tertiary/aromatic N) is 2. The first-order valence-corrected chi connectivity index (χ1v) is 6.81. The van der Waals surface area contributed by atoms with E-state index in [1.165, 1.54) is 0 Å². The number of nitrogens with one attached hydrogen (secondary N) is 1. The number of amides is 1. The minimum absolute atomic E-state index is 0.148. The van der Waals surface area contributed by atoms with E-state index in [1.54, 1.807) is 16.9 Å². The van der Waals surface area contributed by atoms with Crippen LogP contribution in [0.4, 0.5) is 5.82 Å². The highest BCUT2D eigenvalue weighted by Crippen LogP contribution is 2.33. The van der Waals surface area contributed by atoms with Crippen LogP contribution < -0.4 is 11.1 Å². The number of anilines is 1. The summed E-state index contributed by atoms with van der Waals surface area (Å²) in [6, 6.07) is 9.30. The summed E-state index contributed by atoms with van der Waals surface area (Å²) in [6.45, 7) is 0.542. The van der Waals surface area contributed by atoms with E-state index in [4.69, 9.17) is 17.3 Å². The lowest BCUT2D eigenvalue weighted by atomic mass is 10.2. The predicted molar refractivity (Wildman–Crippen MR) is 77.6 cm³/mol. The maximum absolute atomic E-state index is 12.0. The first kappa shape index (κ1) is 13.1. The quantitative estimate of drug-likeness (QED) is 0.905. The summed E-state index contributed by atoms with van der Waals surface area (Å²) in [5, 5.41) is 7.73. The second-order valence-electron chi connectivity index (χ2n) is 5.11. The fourth-order valence-corrected chi connectivity index (χ4v) is 2.19. The van der Waals surface area contributed by atoms with E-state index in [9.17, 15) is 4.79 Å². The lowest BCUT2D eigenvalue weighted by molar-refractivity contribution is -0.118. The summed E-state index contributed by atoms with van der Waals surface area (Å²) in [5.74, 6) is 0.497. The molecule has 0 unspecified atom stereocenters. The maximum Gasteiger partial charge on any atom is 0.245 e. The predicted octanol–water partition coefficient (Wildman–Crippen LogP) is 2.01. The van der Waals surface area contributed by atoms with Crippen molar-refractivity contribution in [2.75, 3.05) is 5.32 Å². The molecule has 0 radical (unpaired) electrons. The van der Waals surface area contributed by atoms with Gasteiger partial charge in [-0.15, -0.1) is 0 Å². The Balaban J connectivity index is 1.75. The van der Waals surface area contributed by atoms with Crippen molar-refractivity contribution in [2.45, 2.75) is 24.9 Å². The van der Waals surface area contributed by atoms with E-state index in [0.717, 1.165) is 18.4 Å². The van der Waals surface area contributed by atoms with Gasteiger partial charge in [-0.3, -0.25) is 4.79 Å². The molecule has 104 valence electrons. The van der Waals surface area contributed by atoms with E-state index in [1.807, 2.05) is 24.3 Å². The van der Waals surface area contributed by atoms with Crippen LogP contribution in [0.1, 0.15) is 18.4 Å². The molecule has 2 aromatic rings. The van der Waals surface area contributed by atoms with E-state index < -0.39 is 5.54 Å². The van der Waals surface area contributed by atoms with Gasteiger partial charge in [0.05, 0.1) is 18.3 Å². The van der Waals surface area contributed by atoms with Crippen molar-refractivity contribution in [1.29, 1.82) is 0 Å². The van der Waals surface area contributed by atoms with Crippen molar-refractivity contribution in [2.24, 2.45) is 5.73 Å². The highest BCUT2D eigenvalue weighted by atomic mass is 35.5. The summed E-state index contributed by atoms with van der Waals surface area (Å²) in [6.07, 6.45) is 3.12. The number of carbonyl (C=O) groups excluding carboxylic acids is 1. The number of halogens is 1. The Kier molecular flexibility index (Phi) is 3.23. The minimum Gasteiger partial charge on any atom is -0.317 e. The monoisotopic (exact) mass is 290 g/mol. The van der Waals surface area contributed by atoms with Gasteiger partial charge in [-0.2, -0.15) is 5.10 Å². The number of carbonyl (C=O) groups is 1. The molecule has 1 aliphatic carbocycles. The zero-order valence-corrected chi connectivity index (χ0v) is 11.6. The molecular formula is C14H15ClN4O. The average Bonchev–Trinajstić information content (AvgIpc) is 3.02. The molecule has 0 bridgehead atoms. The first-order valence-electron chi connectivity index (χ1n) is 6.43. The molecule has 3 rings (SSSR count). The molecule has 1 amide bonds. The number of aromatic nitrogens is 2. The van der Waals surface area contributed by atoms with E-state index in [2.05, 4.69) is 10.4 Å². The van der Waals surface area contributed by atoms with Crippen molar-refractivity contribution < 1.29 is 4.79 Å². The first-order chi connectivity index (χ1) is 9.57. The molecule has 3 N–H and O–H groups in total. The third kappa shape index (κ3) is 2.69. The zero-order valence-electron chi connectivity index (χ0n) is 10.8. The molecule has 6 heteroatoms. The van der Waals surface area contributed by atoms with Crippen LogP contribution >= 0.6 is 11.6 Å². The van der Waals surface area contributed by atoms with Gasteiger partial charge in [0.2, 0.25) is 5.91 Å². The third-order valence-electron chi connectivity index (χ3n) is 3.42. The standard InChI is InChI=1S/C14H15ClN4O/c15-11-3-1-2-10(8-11)9-19-12(4-7-17-19)18-13(20)14(16)5-6-14/h1-4,7-8H,5-6,9,16H2,(H,18,20). The summed E-state index contributed by atoms with van der Waals surface area (Å²) in [7, 11) is 0. The summed E-state index contributed by atoms with van der Waals surface area (Å²) in [4.78, 5) is 12.0. The number of benzene rings is 1. The van der Waals surface area contributed by atoms with Crippen LogP contribution in [0.3, 0.4) is 0 Å². The van der Waals surface area contributed by atoms with Gasteiger partial charge >= 0.3 is 0 Å². The molecular weight excluding hydrogens is 276 g/mol. The summed E-state index contributed by atoms with van der Waals surface area (Å²) in [5.41, 5.74) is 6.20. The van der Waals surface area contributed by atoms with E-state index >= 15 is 0 Å². The Labute approximate surface area is 121 Å². The van der Waals surface area contributed by atoms with Crippen molar-refractivity contribution in [1.82, 2.24) is 9.78 Å². The van der Waals surface area contributed by atoms with Gasteiger partial charge < -0.3 is 11.1 Å². The summed E-state index contributed by atoms with van der Waals surface area (Å²) >= 11 is 5.96. The highest BCUT2D eigenvalue weighted by molar-refractivity contribution is 6.30. The van der Waals surface area contributed by atoms with Crippen LogP contribution in [0.25, 0.3) is 0 Å². The van der Waals surface area contributed by atoms with Crippen LogP contribution in [0.15, 0.2) is 36.5 Å². The third-order valence-corrected chi connectivity index (χ3v) is 3.66. The fourth-order valence-electron chi connectivity index (χ4n) is 1.98. The lowest BCUT2D eigenvalue weighted by Gasteiger charge is -2.12. The second-order valence-corrected chi connectivity index (χ2v) is 5.55. The van der Waals surface area contributed by atoms with Gasteiger partial charge in [-0.25, -0.2) is 4.68 Å². The van der Waals surface area contributed by atoms with Crippen molar-refractivity contribution in [3.8, 4) is 0 Å². The molecule has 1 aliphatic rings. The molecule has 1 aromatic carbocycles. The molecule has 1 aromatic heterocycles. The molecule has 0 aliphatic heterocycles. The van der Waals surface area contributed by atoms with Crippen LogP contribution in [0.2, 0.25) is 5.02 Å². The van der Waals surface area contributed by atoms with Gasteiger partial charge in [-0.05, 0) is 30.5 Å². The van der Waals surface area contributed by atoms with Crippen LogP contribution in [0, 0.1) is 0 Å². The highest BCUT2D eigenvalue weighted by Gasteiger charge is 2.46. The second kappa shape index (κ2) is 4.92. The molecule has 1 heterocycles. The fraction of sp³-hybridized carbons (Fsp3) is 0.286. The van der Waals surface area contributed by atoms with E-state index in [0.29, 0.717) is 17.4 Å². The normalized spacial score (nSPS) is 15.9. The number of rotatable bonds is 4. The number of hydrogen-bond acceptors (Lipinski definition) is 3. The lowest BCUT2D eigenvalue weighted by Crippen LogP contribution is -2.38. The molecule has 0 spiro atoms. The largest absolute Gasteiger partial charge is 0.317 e. The molecule has 20 heavy (non-hydrogen) atoms. The van der Waals surface area contributed by atoms with E-state index in [-0.39, 0.29) is 5.91 Å². The maximum atomic E-state index is 12.0. The zero-order chi connectivity index (χ0) is 14.2. The Morgan fingerprint density at radius 3 is 2.95 bits per heavy atom. The Morgan fingerprint density at radius 2 is 2.25 bits per heavy atom. The van der Waals surface area contributed by atoms with Crippen LogP contribution in [0.5, 0.6) is 0 Å².